The second-order valence-electron chi connectivity index (χ2n) is 5.30. The molecular weight excluding hydrogens is 264 g/mol. The van der Waals surface area contributed by atoms with Crippen molar-refractivity contribution in [3.05, 3.63) is 25.3 Å². The zero-order valence-corrected chi connectivity index (χ0v) is 10.6. The summed E-state index contributed by atoms with van der Waals surface area (Å²) in [5, 5.41) is 0. The molecule has 2 saturated heterocycles. The zero-order chi connectivity index (χ0) is 14.7. The molecule has 20 heavy (non-hydrogen) atoms. The second-order valence-corrected chi connectivity index (χ2v) is 5.30. The molecule has 0 aromatic heterocycles. The van der Waals surface area contributed by atoms with Crippen molar-refractivity contribution in [3.8, 4) is 0 Å². The van der Waals surface area contributed by atoms with Gasteiger partial charge in [0.05, 0.1) is 11.8 Å². The van der Waals surface area contributed by atoms with Crippen molar-refractivity contribution in [2.75, 3.05) is 0 Å². The van der Waals surface area contributed by atoms with E-state index in [4.69, 9.17) is 4.74 Å². The van der Waals surface area contributed by atoms with Crippen molar-refractivity contribution >= 4 is 23.9 Å². The van der Waals surface area contributed by atoms with Crippen LogP contribution in [0.25, 0.3) is 0 Å². The molecule has 104 valence electrons. The highest BCUT2D eigenvalue weighted by Crippen LogP contribution is 2.74. The van der Waals surface area contributed by atoms with E-state index in [0.29, 0.717) is 0 Å². The summed E-state index contributed by atoms with van der Waals surface area (Å²) in [4.78, 5) is 48.1. The largest absolute Gasteiger partial charge is 0.393 e. The number of carbonyl (C=O) groups is 4. The van der Waals surface area contributed by atoms with Crippen LogP contribution in [0.2, 0.25) is 0 Å². The Hall–Kier alpha value is -2.24. The van der Waals surface area contributed by atoms with Crippen LogP contribution in [0.1, 0.15) is 12.8 Å². The number of allylic oxidation sites excluding steroid dienone is 2. The average Bonchev–Trinajstić information content (AvgIpc) is 2.71. The minimum absolute atomic E-state index is 0.0783. The van der Waals surface area contributed by atoms with E-state index in [1.54, 1.807) is 0 Å². The smallest absolute Gasteiger partial charge is 0.322 e. The Morgan fingerprint density at radius 3 is 1.60 bits per heavy atom. The summed E-state index contributed by atoms with van der Waals surface area (Å²) in [6.07, 6.45) is 3.05. The van der Waals surface area contributed by atoms with Crippen molar-refractivity contribution in [1.29, 1.82) is 0 Å². The molecule has 2 heterocycles. The number of hydrogen-bond donors (Lipinski definition) is 0. The number of cyclic esters (lactones) is 4. The third-order valence-corrected chi connectivity index (χ3v) is 4.75. The lowest BCUT2D eigenvalue weighted by Crippen LogP contribution is -2.68. The summed E-state index contributed by atoms with van der Waals surface area (Å²) >= 11 is 0. The highest BCUT2D eigenvalue weighted by atomic mass is 16.6. The van der Waals surface area contributed by atoms with Crippen LogP contribution < -0.4 is 0 Å². The van der Waals surface area contributed by atoms with Gasteiger partial charge in [-0.3, -0.25) is 19.2 Å². The lowest BCUT2D eigenvalue weighted by atomic mass is 9.37. The van der Waals surface area contributed by atoms with E-state index < -0.39 is 46.5 Å². The Labute approximate surface area is 114 Å². The standard InChI is InChI=1S/C14H12O6/c1-3-5-13-7-8(10(16)19-9(7)15)14(13,6-4-2)12(18)20-11(13)17/h3-4,7-8H,1-2,5-6H2. The predicted molar refractivity (Wildman–Crippen MR) is 63.7 cm³/mol. The number of carbonyl (C=O) groups excluding carboxylic acids is 4. The number of fused-ring (bicyclic) bond motifs is 4. The summed E-state index contributed by atoms with van der Waals surface area (Å²) < 4.78 is 9.38. The molecule has 1 aliphatic carbocycles. The van der Waals surface area contributed by atoms with Crippen molar-refractivity contribution in [2.45, 2.75) is 12.8 Å². The third-order valence-electron chi connectivity index (χ3n) is 4.75. The van der Waals surface area contributed by atoms with Gasteiger partial charge in [-0.15, -0.1) is 13.2 Å². The van der Waals surface area contributed by atoms with E-state index >= 15 is 0 Å². The lowest BCUT2D eigenvalue weighted by Gasteiger charge is -2.55. The fourth-order valence-electron chi connectivity index (χ4n) is 4.05. The maximum Gasteiger partial charge on any atom is 0.322 e. The molecule has 0 N–H and O–H groups in total. The van der Waals surface area contributed by atoms with E-state index in [9.17, 15) is 19.2 Å². The molecule has 0 bridgehead atoms. The van der Waals surface area contributed by atoms with E-state index in [-0.39, 0.29) is 12.8 Å². The van der Waals surface area contributed by atoms with Gasteiger partial charge in [0.25, 0.3) is 0 Å². The summed E-state index contributed by atoms with van der Waals surface area (Å²) in [6, 6.07) is 0. The van der Waals surface area contributed by atoms with E-state index in [2.05, 4.69) is 17.9 Å². The molecule has 1 saturated carbocycles. The number of ether oxygens (including phenoxy) is 2. The molecule has 6 heteroatoms. The Balaban J connectivity index is 2.24. The predicted octanol–water partition coefficient (Wildman–Crippen LogP) is 0.524. The lowest BCUT2D eigenvalue weighted by molar-refractivity contribution is -0.188. The molecule has 4 unspecified atom stereocenters. The van der Waals surface area contributed by atoms with Gasteiger partial charge < -0.3 is 9.47 Å². The van der Waals surface area contributed by atoms with Gasteiger partial charge in [-0.05, 0) is 12.8 Å². The quantitative estimate of drug-likeness (QED) is 0.423. The SMILES string of the molecule is C=CCC12C(=O)OC(=O)C1(CC=C)C1C(=O)OC(=O)C12. The van der Waals surface area contributed by atoms with Crippen LogP contribution in [0.3, 0.4) is 0 Å². The first-order valence-electron chi connectivity index (χ1n) is 6.21. The van der Waals surface area contributed by atoms with Gasteiger partial charge in [0.2, 0.25) is 0 Å². The molecule has 0 amide bonds. The van der Waals surface area contributed by atoms with Gasteiger partial charge in [0.1, 0.15) is 10.8 Å². The molecule has 3 fully saturated rings. The third kappa shape index (κ3) is 0.994. The van der Waals surface area contributed by atoms with Crippen molar-refractivity contribution in [2.24, 2.45) is 22.7 Å². The molecule has 3 aliphatic rings. The van der Waals surface area contributed by atoms with Crippen LogP contribution in [0, 0.1) is 22.7 Å². The number of hydrogen-bond acceptors (Lipinski definition) is 6. The van der Waals surface area contributed by atoms with Gasteiger partial charge in [-0.25, -0.2) is 0 Å². The highest BCUT2D eigenvalue weighted by molar-refractivity contribution is 6.14. The number of esters is 4. The minimum Gasteiger partial charge on any atom is -0.393 e. The summed E-state index contributed by atoms with van der Waals surface area (Å²) in [5.41, 5.74) is -2.76. The van der Waals surface area contributed by atoms with Crippen molar-refractivity contribution in [3.63, 3.8) is 0 Å². The Morgan fingerprint density at radius 1 is 0.850 bits per heavy atom. The van der Waals surface area contributed by atoms with Gasteiger partial charge in [0, 0.05) is 0 Å². The van der Waals surface area contributed by atoms with Crippen LogP contribution >= 0.6 is 0 Å². The van der Waals surface area contributed by atoms with Crippen LogP contribution in [0.4, 0.5) is 0 Å². The zero-order valence-electron chi connectivity index (χ0n) is 10.6. The topological polar surface area (TPSA) is 86.7 Å². The minimum atomic E-state index is -1.38. The first-order valence-corrected chi connectivity index (χ1v) is 6.21. The molecular formula is C14H12O6. The molecule has 2 aliphatic heterocycles. The number of rotatable bonds is 4. The second kappa shape index (κ2) is 3.65. The first-order chi connectivity index (χ1) is 9.47. The molecule has 0 aromatic rings. The molecule has 0 radical (unpaired) electrons. The molecule has 4 atom stereocenters. The summed E-state index contributed by atoms with van der Waals surface area (Å²) in [6.45, 7) is 7.13. The van der Waals surface area contributed by atoms with Gasteiger partial charge in [-0.2, -0.15) is 0 Å². The summed E-state index contributed by atoms with van der Waals surface area (Å²) in [5.74, 6) is -5.03. The summed E-state index contributed by atoms with van der Waals surface area (Å²) in [7, 11) is 0. The fraction of sp³-hybridized carbons (Fsp3) is 0.429. The fourth-order valence-corrected chi connectivity index (χ4v) is 4.05. The Bertz CT molecular complexity index is 540. The highest BCUT2D eigenvalue weighted by Gasteiger charge is 2.88. The van der Waals surface area contributed by atoms with Crippen LogP contribution in [0.5, 0.6) is 0 Å². The van der Waals surface area contributed by atoms with Gasteiger partial charge in [-0.1, -0.05) is 12.2 Å². The normalized spacial score (nSPS) is 41.4. The monoisotopic (exact) mass is 276 g/mol. The van der Waals surface area contributed by atoms with Gasteiger partial charge >= 0.3 is 23.9 Å². The van der Waals surface area contributed by atoms with Gasteiger partial charge in [0.15, 0.2) is 0 Å². The molecule has 0 aromatic carbocycles. The maximum atomic E-state index is 12.2. The first kappa shape index (κ1) is 12.8. The van der Waals surface area contributed by atoms with Crippen molar-refractivity contribution < 1.29 is 28.7 Å². The average molecular weight is 276 g/mol. The van der Waals surface area contributed by atoms with Crippen LogP contribution in [-0.2, 0) is 28.7 Å². The van der Waals surface area contributed by atoms with E-state index in [1.165, 1.54) is 12.2 Å². The maximum absolute atomic E-state index is 12.2. The van der Waals surface area contributed by atoms with Crippen LogP contribution in [-0.4, -0.2) is 23.9 Å². The molecule has 3 rings (SSSR count). The molecule has 6 nitrogen and oxygen atoms in total. The van der Waals surface area contributed by atoms with E-state index in [1.807, 2.05) is 0 Å². The Morgan fingerprint density at radius 2 is 1.25 bits per heavy atom. The van der Waals surface area contributed by atoms with Crippen LogP contribution in [0.15, 0.2) is 25.3 Å². The molecule has 0 spiro atoms. The van der Waals surface area contributed by atoms with Crippen molar-refractivity contribution in [1.82, 2.24) is 0 Å². The Kier molecular flexibility index (Phi) is 2.33. The van der Waals surface area contributed by atoms with E-state index in [0.717, 1.165) is 0 Å².